The Kier molecular flexibility index (Phi) is 19.1. The van der Waals surface area contributed by atoms with E-state index in [1.54, 1.807) is 0 Å². The van der Waals surface area contributed by atoms with E-state index in [9.17, 15) is 0 Å². The van der Waals surface area contributed by atoms with E-state index >= 15 is 0 Å². The van der Waals surface area contributed by atoms with E-state index < -0.39 is 11.4 Å². The largest absolute Gasteiger partial charge is 1.00 e. The molecule has 0 bridgehead atoms. The summed E-state index contributed by atoms with van der Waals surface area (Å²) in [5.41, 5.74) is 1.26. The fourth-order valence-electron chi connectivity index (χ4n) is 2.22. The van der Waals surface area contributed by atoms with Crippen molar-refractivity contribution in [1.29, 1.82) is 0 Å². The molecule has 0 aromatic rings. The quantitative estimate of drug-likeness (QED) is 0.354. The van der Waals surface area contributed by atoms with Gasteiger partial charge in [-0.05, 0) is 28.2 Å². The van der Waals surface area contributed by atoms with Crippen LogP contribution in [0.15, 0.2) is 4.52 Å². The summed E-state index contributed by atoms with van der Waals surface area (Å²) >= 11 is 7.01. The van der Waals surface area contributed by atoms with Gasteiger partial charge in [-0.15, -0.1) is 0 Å². The molecule has 154 valence electrons. The molecule has 0 amide bonds. The SMILES string of the molecule is CC(C)P(=[Se])(N=P([Se-])(C(C)C)C(C)C)C(C)C.CN(C)CCN(C)C.[Li+]. The van der Waals surface area contributed by atoms with Gasteiger partial charge >= 0.3 is 143 Å². The van der Waals surface area contributed by atoms with E-state index in [2.05, 4.69) is 124 Å². The molecule has 0 aliphatic rings. The first kappa shape index (κ1) is 32.9. The number of hydrogen-bond donors (Lipinski definition) is 0. The van der Waals surface area contributed by atoms with Crippen LogP contribution in [0, 0.1) is 0 Å². The molecule has 0 heterocycles. The van der Waals surface area contributed by atoms with Crippen molar-refractivity contribution in [1.82, 2.24) is 9.80 Å². The van der Waals surface area contributed by atoms with Crippen LogP contribution in [0.2, 0.25) is 0 Å². The summed E-state index contributed by atoms with van der Waals surface area (Å²) in [6.45, 7) is 20.8. The second kappa shape index (κ2) is 15.1. The molecule has 0 atom stereocenters. The molecule has 0 N–H and O–H groups in total. The number of likely N-dealkylation sites (N-methyl/N-ethyl adjacent to an activating group) is 2. The van der Waals surface area contributed by atoms with Crippen molar-refractivity contribution < 1.29 is 18.9 Å². The Hall–Kier alpha value is 2.22. The third kappa shape index (κ3) is 12.0. The van der Waals surface area contributed by atoms with Crippen LogP contribution >= 0.6 is 11.4 Å². The molecular weight excluding hydrogens is 485 g/mol. The maximum Gasteiger partial charge on any atom is 1.00 e. The number of hydrogen-bond acceptors (Lipinski definition) is 3. The summed E-state index contributed by atoms with van der Waals surface area (Å²) in [5, 5.41) is 0. The minimum absolute atomic E-state index is 0. The van der Waals surface area contributed by atoms with Crippen LogP contribution in [-0.4, -0.2) is 104 Å². The van der Waals surface area contributed by atoms with E-state index in [0.29, 0.717) is 22.6 Å². The topological polar surface area (TPSA) is 18.8 Å². The molecule has 0 fully saturated rings. The van der Waals surface area contributed by atoms with Crippen LogP contribution in [0.1, 0.15) is 55.4 Å². The summed E-state index contributed by atoms with van der Waals surface area (Å²) in [6, 6.07) is 0. The van der Waals surface area contributed by atoms with Gasteiger partial charge in [0.05, 0.1) is 0 Å². The third-order valence-corrected chi connectivity index (χ3v) is 25.8. The second-order valence-corrected chi connectivity index (χ2v) is 23.3. The normalized spacial score (nSPS) is 12.7. The zero-order valence-electron chi connectivity index (χ0n) is 19.8. The summed E-state index contributed by atoms with van der Waals surface area (Å²) in [7, 11) is 8.35. The van der Waals surface area contributed by atoms with E-state index in [4.69, 9.17) is 4.52 Å². The molecule has 8 heteroatoms. The Balaban J connectivity index is -0.000000498. The first-order chi connectivity index (χ1) is 11.1. The Morgan fingerprint density at radius 2 is 1.00 bits per heavy atom. The van der Waals surface area contributed by atoms with Crippen LogP contribution in [-0.2, 0) is 0 Å². The summed E-state index contributed by atoms with van der Waals surface area (Å²) in [5.74, 6) is -1.32. The smallest absolute Gasteiger partial charge is 0.308 e. The van der Waals surface area contributed by atoms with Gasteiger partial charge in [-0.25, -0.2) is 0 Å². The van der Waals surface area contributed by atoms with E-state index in [1.165, 1.54) is 0 Å². The maximum absolute atomic E-state index is 5.45. The zero-order valence-corrected chi connectivity index (χ0v) is 25.0. The summed E-state index contributed by atoms with van der Waals surface area (Å²) < 4.78 is 5.45. The van der Waals surface area contributed by atoms with Gasteiger partial charge in [-0.2, -0.15) is 0 Å². The van der Waals surface area contributed by atoms with Crippen molar-refractivity contribution in [3.8, 4) is 0 Å². The molecule has 0 aromatic heterocycles. The van der Waals surface area contributed by atoms with Crippen molar-refractivity contribution in [3.05, 3.63) is 0 Å². The predicted octanol–water partition coefficient (Wildman–Crippen LogP) is 2.03. The number of nitrogens with zero attached hydrogens (tertiary/aromatic N) is 3. The Morgan fingerprint density at radius 1 is 0.731 bits per heavy atom. The molecule has 0 spiro atoms. The van der Waals surface area contributed by atoms with Crippen molar-refractivity contribution in [2.45, 2.75) is 78.0 Å². The zero-order chi connectivity index (χ0) is 20.6. The average molecular weight is 529 g/mol. The van der Waals surface area contributed by atoms with Gasteiger partial charge in [-0.1, -0.05) is 0 Å². The summed E-state index contributed by atoms with van der Waals surface area (Å²) in [6.07, 6.45) is 0. The van der Waals surface area contributed by atoms with Gasteiger partial charge in [0.25, 0.3) is 0 Å². The van der Waals surface area contributed by atoms with Crippen molar-refractivity contribution in [2.24, 2.45) is 4.52 Å². The van der Waals surface area contributed by atoms with Crippen molar-refractivity contribution in [3.63, 3.8) is 0 Å². The van der Waals surface area contributed by atoms with E-state index in [-0.39, 0.29) is 18.9 Å². The molecule has 0 saturated heterocycles. The second-order valence-electron chi connectivity index (χ2n) is 8.42. The summed E-state index contributed by atoms with van der Waals surface area (Å²) in [4.78, 5) is 4.36. The molecule has 0 aliphatic carbocycles. The molecule has 0 aliphatic heterocycles. The van der Waals surface area contributed by atoms with Crippen LogP contribution in [0.3, 0.4) is 0 Å². The predicted molar refractivity (Wildman–Crippen MR) is 125 cm³/mol. The van der Waals surface area contributed by atoms with Gasteiger partial charge in [0.2, 0.25) is 0 Å². The minimum Gasteiger partial charge on any atom is -0.308 e. The Bertz CT molecular complexity index is 433. The molecule has 0 radical (unpaired) electrons. The molecule has 0 rings (SSSR count). The van der Waals surface area contributed by atoms with Gasteiger partial charge in [0, 0.05) is 13.1 Å². The van der Waals surface area contributed by atoms with Crippen LogP contribution in [0.25, 0.3) is 0 Å². The fourth-order valence-corrected chi connectivity index (χ4v) is 16.3. The average Bonchev–Trinajstić information content (AvgIpc) is 2.44. The molecule has 0 unspecified atom stereocenters. The third-order valence-electron chi connectivity index (χ3n) is 4.23. The van der Waals surface area contributed by atoms with Crippen molar-refractivity contribution in [2.75, 3.05) is 41.3 Å². The van der Waals surface area contributed by atoms with Gasteiger partial charge in [-0.3, -0.25) is 0 Å². The van der Waals surface area contributed by atoms with Crippen LogP contribution < -0.4 is 18.9 Å². The van der Waals surface area contributed by atoms with Gasteiger partial charge in [0.15, 0.2) is 0 Å². The molecule has 3 nitrogen and oxygen atoms in total. The number of rotatable bonds is 8. The van der Waals surface area contributed by atoms with Crippen LogP contribution in [0.5, 0.6) is 0 Å². The Morgan fingerprint density at radius 3 is 1.15 bits per heavy atom. The monoisotopic (exact) mass is 531 g/mol. The molecule has 26 heavy (non-hydrogen) atoms. The first-order valence-electron chi connectivity index (χ1n) is 9.34. The minimum atomic E-state index is -1.32. The standard InChI is InChI=1S/C12H28NP2Se2.C6H16N2.Li/c1-9(2)14(16,10(3)4)13-15(17,11(5)6)12(7)8;1-7(2)5-6-8(3)4;/h9-12H,1-8H3;5-6H2,1-4H3;/q-1;;+1. The fraction of sp³-hybridized carbons (Fsp3) is 1.00. The molecule has 0 aromatic carbocycles. The van der Waals surface area contributed by atoms with E-state index in [0.717, 1.165) is 13.1 Å². The van der Waals surface area contributed by atoms with Crippen molar-refractivity contribution >= 4 is 42.1 Å². The van der Waals surface area contributed by atoms with Gasteiger partial charge in [0.1, 0.15) is 0 Å². The first-order valence-corrected chi connectivity index (χ1v) is 17.5. The van der Waals surface area contributed by atoms with Crippen LogP contribution in [0.4, 0.5) is 0 Å². The van der Waals surface area contributed by atoms with Gasteiger partial charge < -0.3 is 9.80 Å². The molecule has 0 saturated carbocycles. The molecular formula is C18H44LiN3P2Se2. The van der Waals surface area contributed by atoms with E-state index in [1.807, 2.05) is 0 Å². The maximum atomic E-state index is 5.45. The Labute approximate surface area is 193 Å².